The van der Waals surface area contributed by atoms with E-state index in [1.54, 1.807) is 41.9 Å². The maximum Gasteiger partial charge on any atom is 0.349 e. The molecule has 0 aliphatic rings. The lowest BCUT2D eigenvalue weighted by atomic mass is 10.1. The molecule has 1 amide bonds. The molecule has 3 heterocycles. The predicted octanol–water partition coefficient (Wildman–Crippen LogP) is 3.25. The van der Waals surface area contributed by atoms with Crippen molar-refractivity contribution in [2.75, 3.05) is 7.11 Å². The van der Waals surface area contributed by atoms with Gasteiger partial charge in [0.2, 0.25) is 0 Å². The second-order valence-electron chi connectivity index (χ2n) is 5.87. The molecule has 3 aromatic heterocycles. The smallest absolute Gasteiger partial charge is 0.349 e. The summed E-state index contributed by atoms with van der Waals surface area (Å²) in [5.74, 6) is -0.109. The summed E-state index contributed by atoms with van der Waals surface area (Å²) in [4.78, 5) is 33.5. The van der Waals surface area contributed by atoms with Gasteiger partial charge >= 0.3 is 5.63 Å². The average molecular weight is 393 g/mol. The molecule has 0 spiro atoms. The highest BCUT2D eigenvalue weighted by atomic mass is 32.1. The molecule has 0 atom stereocenters. The van der Waals surface area contributed by atoms with Gasteiger partial charge in [0.05, 0.1) is 25.0 Å². The molecule has 140 valence electrons. The first-order valence-corrected chi connectivity index (χ1v) is 9.33. The zero-order valence-corrected chi connectivity index (χ0v) is 15.7. The van der Waals surface area contributed by atoms with Gasteiger partial charge in [-0.25, -0.2) is 4.79 Å². The van der Waals surface area contributed by atoms with Gasteiger partial charge in [-0.2, -0.15) is 11.3 Å². The number of amides is 1. The van der Waals surface area contributed by atoms with E-state index in [1.165, 1.54) is 13.2 Å². The van der Waals surface area contributed by atoms with E-state index >= 15 is 0 Å². The van der Waals surface area contributed by atoms with Crippen molar-refractivity contribution in [1.82, 2.24) is 15.3 Å². The Hall–Kier alpha value is -3.52. The Bertz CT molecular complexity index is 1200. The Labute approximate surface area is 163 Å². The van der Waals surface area contributed by atoms with E-state index < -0.39 is 11.5 Å². The molecule has 4 aromatic rings. The van der Waals surface area contributed by atoms with Crippen molar-refractivity contribution in [1.29, 1.82) is 0 Å². The third-order valence-corrected chi connectivity index (χ3v) is 4.86. The molecule has 0 saturated heterocycles. The van der Waals surface area contributed by atoms with Crippen LogP contribution in [0.25, 0.3) is 22.2 Å². The molecule has 0 aliphatic heterocycles. The van der Waals surface area contributed by atoms with E-state index in [9.17, 15) is 9.59 Å². The maximum absolute atomic E-state index is 12.6. The molecular formula is C20H15N3O4S. The van der Waals surface area contributed by atoms with Crippen molar-refractivity contribution in [2.24, 2.45) is 0 Å². The Morgan fingerprint density at radius 3 is 2.89 bits per heavy atom. The van der Waals surface area contributed by atoms with Crippen LogP contribution in [0.3, 0.4) is 0 Å². The minimum absolute atomic E-state index is 0.0817. The first-order valence-electron chi connectivity index (χ1n) is 8.39. The molecule has 0 radical (unpaired) electrons. The number of aromatic nitrogens is 2. The highest BCUT2D eigenvalue weighted by Gasteiger charge is 2.16. The highest BCUT2D eigenvalue weighted by Crippen LogP contribution is 2.25. The Kier molecular flexibility index (Phi) is 4.86. The predicted molar refractivity (Wildman–Crippen MR) is 106 cm³/mol. The molecule has 7 nitrogen and oxygen atoms in total. The minimum Gasteiger partial charge on any atom is -0.493 e. The standard InChI is InChI=1S/C20H15N3O4S/c1-26-16-4-2-3-12-9-14(20(25)27-18(12)16)19(24)23-10-15-17(22-7-6-21-15)13-5-8-28-11-13/h2-9,11H,10H2,1H3,(H,23,24). The van der Waals surface area contributed by atoms with E-state index in [0.717, 1.165) is 5.56 Å². The lowest BCUT2D eigenvalue weighted by molar-refractivity contribution is 0.0947. The van der Waals surface area contributed by atoms with Gasteiger partial charge in [-0.05, 0) is 23.6 Å². The van der Waals surface area contributed by atoms with Crippen molar-refractivity contribution < 1.29 is 13.9 Å². The topological polar surface area (TPSA) is 94.3 Å². The number of rotatable bonds is 5. The third-order valence-electron chi connectivity index (χ3n) is 4.17. The summed E-state index contributed by atoms with van der Waals surface area (Å²) in [7, 11) is 1.49. The van der Waals surface area contributed by atoms with Crippen LogP contribution in [-0.2, 0) is 6.54 Å². The lowest BCUT2D eigenvalue weighted by Gasteiger charge is -2.08. The molecule has 1 N–H and O–H groups in total. The third kappa shape index (κ3) is 3.37. The number of ether oxygens (including phenoxy) is 1. The van der Waals surface area contributed by atoms with Gasteiger partial charge in [-0.3, -0.25) is 14.8 Å². The van der Waals surface area contributed by atoms with Crippen LogP contribution in [0, 0.1) is 0 Å². The normalized spacial score (nSPS) is 10.8. The molecule has 0 unspecified atom stereocenters. The number of thiophene rings is 1. The van der Waals surface area contributed by atoms with Crippen LogP contribution in [-0.4, -0.2) is 23.0 Å². The molecule has 0 aliphatic carbocycles. The molecule has 0 bridgehead atoms. The van der Waals surface area contributed by atoms with E-state index in [2.05, 4.69) is 15.3 Å². The Morgan fingerprint density at radius 2 is 2.11 bits per heavy atom. The summed E-state index contributed by atoms with van der Waals surface area (Å²) in [6.07, 6.45) is 3.16. The van der Waals surface area contributed by atoms with Gasteiger partial charge in [0.15, 0.2) is 11.3 Å². The molecule has 1 aromatic carbocycles. The average Bonchev–Trinajstić information content (AvgIpc) is 3.26. The van der Waals surface area contributed by atoms with Gasteiger partial charge in [-0.15, -0.1) is 0 Å². The summed E-state index contributed by atoms with van der Waals surface area (Å²) in [6, 6.07) is 8.62. The second kappa shape index (κ2) is 7.61. The second-order valence-corrected chi connectivity index (χ2v) is 6.65. The quantitative estimate of drug-likeness (QED) is 0.523. The fourth-order valence-electron chi connectivity index (χ4n) is 2.83. The van der Waals surface area contributed by atoms with Gasteiger partial charge < -0.3 is 14.5 Å². The number of para-hydroxylation sites is 1. The highest BCUT2D eigenvalue weighted by molar-refractivity contribution is 7.08. The zero-order chi connectivity index (χ0) is 19.5. The molecule has 4 rings (SSSR count). The van der Waals surface area contributed by atoms with Crippen molar-refractivity contribution in [2.45, 2.75) is 6.54 Å². The summed E-state index contributed by atoms with van der Waals surface area (Å²) in [5, 5.41) is 7.23. The van der Waals surface area contributed by atoms with Gasteiger partial charge in [0.25, 0.3) is 5.91 Å². The monoisotopic (exact) mass is 393 g/mol. The van der Waals surface area contributed by atoms with Gasteiger partial charge in [0.1, 0.15) is 5.56 Å². The fraction of sp³-hybridized carbons (Fsp3) is 0.100. The van der Waals surface area contributed by atoms with Gasteiger partial charge in [0, 0.05) is 28.7 Å². The first-order chi connectivity index (χ1) is 13.7. The Morgan fingerprint density at radius 1 is 1.25 bits per heavy atom. The van der Waals surface area contributed by atoms with E-state index in [-0.39, 0.29) is 12.1 Å². The van der Waals surface area contributed by atoms with Crippen LogP contribution in [0.1, 0.15) is 16.1 Å². The van der Waals surface area contributed by atoms with Crippen molar-refractivity contribution in [3.63, 3.8) is 0 Å². The number of benzene rings is 1. The fourth-order valence-corrected chi connectivity index (χ4v) is 3.47. The van der Waals surface area contributed by atoms with Crippen molar-refractivity contribution in [3.8, 4) is 17.0 Å². The van der Waals surface area contributed by atoms with Crippen molar-refractivity contribution in [3.05, 3.63) is 75.2 Å². The first kappa shape index (κ1) is 17.9. The molecule has 28 heavy (non-hydrogen) atoms. The molecular weight excluding hydrogens is 378 g/mol. The number of hydrogen-bond donors (Lipinski definition) is 1. The van der Waals surface area contributed by atoms with Crippen molar-refractivity contribution >= 4 is 28.2 Å². The summed E-state index contributed by atoms with van der Waals surface area (Å²) < 4.78 is 10.5. The molecule has 0 saturated carbocycles. The summed E-state index contributed by atoms with van der Waals surface area (Å²) >= 11 is 1.55. The number of hydrogen-bond acceptors (Lipinski definition) is 7. The zero-order valence-electron chi connectivity index (χ0n) is 14.8. The number of fused-ring (bicyclic) bond motifs is 1. The van der Waals surface area contributed by atoms with E-state index in [0.29, 0.717) is 28.1 Å². The van der Waals surface area contributed by atoms with Crippen LogP contribution in [0.2, 0.25) is 0 Å². The van der Waals surface area contributed by atoms with Crippen LogP contribution >= 0.6 is 11.3 Å². The van der Waals surface area contributed by atoms with E-state index in [4.69, 9.17) is 9.15 Å². The number of nitrogens with zero attached hydrogens (tertiary/aromatic N) is 2. The number of nitrogens with one attached hydrogen (secondary N) is 1. The van der Waals surface area contributed by atoms with E-state index in [1.807, 2.05) is 16.8 Å². The summed E-state index contributed by atoms with van der Waals surface area (Å²) in [5.41, 5.74) is 1.73. The van der Waals surface area contributed by atoms with Crippen LogP contribution in [0.5, 0.6) is 5.75 Å². The van der Waals surface area contributed by atoms with Crippen LogP contribution in [0.4, 0.5) is 0 Å². The number of methoxy groups -OCH3 is 1. The largest absolute Gasteiger partial charge is 0.493 e. The Balaban J connectivity index is 1.60. The molecule has 8 heteroatoms. The lowest BCUT2D eigenvalue weighted by Crippen LogP contribution is -2.28. The number of carbonyl (C=O) groups excluding carboxylic acids is 1. The van der Waals surface area contributed by atoms with Crippen LogP contribution in [0.15, 0.2) is 62.7 Å². The molecule has 0 fully saturated rings. The number of carbonyl (C=O) groups is 1. The SMILES string of the molecule is COc1cccc2cc(C(=O)NCc3nccnc3-c3ccsc3)c(=O)oc12. The minimum atomic E-state index is -0.730. The maximum atomic E-state index is 12.6. The van der Waals surface area contributed by atoms with Crippen LogP contribution < -0.4 is 15.7 Å². The summed E-state index contributed by atoms with van der Waals surface area (Å²) in [6.45, 7) is 0.132. The van der Waals surface area contributed by atoms with Gasteiger partial charge in [-0.1, -0.05) is 12.1 Å².